The van der Waals surface area contributed by atoms with Crippen molar-refractivity contribution in [3.05, 3.63) is 35.0 Å². The Kier molecular flexibility index (Phi) is 5.04. The Morgan fingerprint density at radius 2 is 2.26 bits per heavy atom. The van der Waals surface area contributed by atoms with E-state index in [-0.39, 0.29) is 0 Å². The van der Waals surface area contributed by atoms with Gasteiger partial charge in [-0.2, -0.15) is 0 Å². The van der Waals surface area contributed by atoms with Gasteiger partial charge in [0.05, 0.1) is 30.6 Å². The van der Waals surface area contributed by atoms with Crippen molar-refractivity contribution in [1.82, 2.24) is 9.97 Å². The molecule has 0 aliphatic carbocycles. The first-order chi connectivity index (χ1) is 9.40. The summed E-state index contributed by atoms with van der Waals surface area (Å²) in [6.07, 6.45) is 2.45. The number of hydrogen-bond acceptors (Lipinski definition) is 4. The third kappa shape index (κ3) is 4.17. The maximum Gasteiger partial charge on any atom is 0.121 e. The lowest BCUT2D eigenvalue weighted by Crippen LogP contribution is -2.05. The molecular formula is C12H15N5O2. The number of hydrogen-bond donors (Lipinski definition) is 1. The van der Waals surface area contributed by atoms with Crippen LogP contribution in [0.2, 0.25) is 0 Å². The minimum absolute atomic E-state index is 0.368. The van der Waals surface area contributed by atoms with Gasteiger partial charge < -0.3 is 14.5 Å². The van der Waals surface area contributed by atoms with Crippen LogP contribution in [0.3, 0.4) is 0 Å². The maximum absolute atomic E-state index is 8.07. The Hall–Kier alpha value is -2.24. The van der Waals surface area contributed by atoms with Crippen LogP contribution < -0.4 is 4.74 Å². The number of nitrogens with zero attached hydrogens (tertiary/aromatic N) is 4. The highest BCUT2D eigenvalue weighted by molar-refractivity contribution is 5.75. The lowest BCUT2D eigenvalue weighted by atomic mass is 10.3. The maximum atomic E-state index is 8.07. The number of aromatic nitrogens is 2. The Bertz CT molecular complexity index is 562. The third-order valence-electron chi connectivity index (χ3n) is 2.49. The molecule has 0 unspecified atom stereocenters. The van der Waals surface area contributed by atoms with Gasteiger partial charge >= 0.3 is 0 Å². The molecule has 2 aromatic rings. The SMILES string of the molecule is [N-]=[N+]=NCCOCCCOc1ccc2[nH]cnc2c1. The molecule has 0 bridgehead atoms. The molecule has 0 amide bonds. The lowest BCUT2D eigenvalue weighted by molar-refractivity contribution is 0.126. The van der Waals surface area contributed by atoms with Gasteiger partial charge in [-0.05, 0) is 17.7 Å². The van der Waals surface area contributed by atoms with Crippen molar-refractivity contribution in [3.8, 4) is 5.75 Å². The molecule has 0 radical (unpaired) electrons. The number of azide groups is 1. The summed E-state index contributed by atoms with van der Waals surface area (Å²) in [6, 6.07) is 5.74. The Morgan fingerprint density at radius 3 is 3.16 bits per heavy atom. The zero-order chi connectivity index (χ0) is 13.3. The molecule has 1 aromatic carbocycles. The number of benzene rings is 1. The van der Waals surface area contributed by atoms with Crippen LogP contribution in [0.4, 0.5) is 0 Å². The van der Waals surface area contributed by atoms with Crippen LogP contribution in [-0.2, 0) is 4.74 Å². The summed E-state index contributed by atoms with van der Waals surface area (Å²) in [6.45, 7) is 1.99. The summed E-state index contributed by atoms with van der Waals surface area (Å²) in [5.74, 6) is 0.800. The molecule has 0 aliphatic heterocycles. The van der Waals surface area contributed by atoms with Gasteiger partial charge in [0.2, 0.25) is 0 Å². The first kappa shape index (κ1) is 13.2. The second-order valence-corrected chi connectivity index (χ2v) is 3.85. The summed E-state index contributed by atoms with van der Waals surface area (Å²) >= 11 is 0. The van der Waals surface area contributed by atoms with Gasteiger partial charge in [0, 0.05) is 30.6 Å². The quantitative estimate of drug-likeness (QED) is 0.342. The fraction of sp³-hybridized carbons (Fsp3) is 0.417. The van der Waals surface area contributed by atoms with Crippen LogP contribution in [-0.4, -0.2) is 36.3 Å². The minimum Gasteiger partial charge on any atom is -0.493 e. The monoisotopic (exact) mass is 261 g/mol. The van der Waals surface area contributed by atoms with Gasteiger partial charge in [-0.25, -0.2) is 4.98 Å². The fourth-order valence-electron chi connectivity index (χ4n) is 1.60. The van der Waals surface area contributed by atoms with Gasteiger partial charge in [-0.3, -0.25) is 0 Å². The summed E-state index contributed by atoms with van der Waals surface area (Å²) < 4.78 is 10.9. The van der Waals surface area contributed by atoms with Crippen molar-refractivity contribution in [2.24, 2.45) is 5.11 Å². The number of nitrogens with one attached hydrogen (secondary N) is 1. The van der Waals surface area contributed by atoms with Crippen molar-refractivity contribution in [1.29, 1.82) is 0 Å². The highest BCUT2D eigenvalue weighted by atomic mass is 16.5. The van der Waals surface area contributed by atoms with E-state index in [1.54, 1.807) is 6.33 Å². The van der Waals surface area contributed by atoms with Crippen molar-refractivity contribution >= 4 is 11.0 Å². The van der Waals surface area contributed by atoms with E-state index in [4.69, 9.17) is 15.0 Å². The highest BCUT2D eigenvalue weighted by Crippen LogP contribution is 2.17. The van der Waals surface area contributed by atoms with E-state index in [0.29, 0.717) is 26.4 Å². The molecule has 1 N–H and O–H groups in total. The van der Waals surface area contributed by atoms with Gasteiger partial charge in [0.15, 0.2) is 0 Å². The summed E-state index contributed by atoms with van der Waals surface area (Å²) in [5, 5.41) is 3.38. The van der Waals surface area contributed by atoms with Gasteiger partial charge in [0.25, 0.3) is 0 Å². The molecule has 0 saturated heterocycles. The summed E-state index contributed by atoms with van der Waals surface area (Å²) in [7, 11) is 0. The van der Waals surface area contributed by atoms with Gasteiger partial charge in [-0.15, -0.1) is 0 Å². The van der Waals surface area contributed by atoms with Crippen molar-refractivity contribution in [3.63, 3.8) is 0 Å². The molecule has 0 atom stereocenters. The van der Waals surface area contributed by atoms with Crippen LogP contribution >= 0.6 is 0 Å². The fourth-order valence-corrected chi connectivity index (χ4v) is 1.60. The highest BCUT2D eigenvalue weighted by Gasteiger charge is 1.99. The minimum atomic E-state index is 0.368. The molecule has 0 spiro atoms. The first-order valence-electron chi connectivity index (χ1n) is 6.04. The number of rotatable bonds is 8. The van der Waals surface area contributed by atoms with E-state index in [9.17, 15) is 0 Å². The van der Waals surface area contributed by atoms with E-state index in [1.165, 1.54) is 0 Å². The normalized spacial score (nSPS) is 10.3. The van der Waals surface area contributed by atoms with Crippen LogP contribution in [0.5, 0.6) is 5.75 Å². The smallest absolute Gasteiger partial charge is 0.121 e. The van der Waals surface area contributed by atoms with Crippen LogP contribution in [0, 0.1) is 0 Å². The van der Waals surface area contributed by atoms with Crippen molar-refractivity contribution in [2.45, 2.75) is 6.42 Å². The van der Waals surface area contributed by atoms with Crippen LogP contribution in [0.15, 0.2) is 29.6 Å². The molecule has 19 heavy (non-hydrogen) atoms. The number of ether oxygens (including phenoxy) is 2. The van der Waals surface area contributed by atoms with E-state index in [1.807, 2.05) is 18.2 Å². The Balaban J connectivity index is 1.64. The summed E-state index contributed by atoms with van der Waals surface area (Å²) in [5.41, 5.74) is 9.95. The van der Waals surface area contributed by atoms with E-state index in [2.05, 4.69) is 20.0 Å². The first-order valence-corrected chi connectivity index (χ1v) is 6.04. The molecule has 7 nitrogen and oxygen atoms in total. The second-order valence-electron chi connectivity index (χ2n) is 3.85. The Morgan fingerprint density at radius 1 is 1.32 bits per heavy atom. The van der Waals surface area contributed by atoms with E-state index in [0.717, 1.165) is 23.2 Å². The van der Waals surface area contributed by atoms with Crippen molar-refractivity contribution < 1.29 is 9.47 Å². The Labute approximate surface area is 110 Å². The predicted octanol–water partition coefficient (Wildman–Crippen LogP) is 2.66. The zero-order valence-electron chi connectivity index (χ0n) is 10.5. The van der Waals surface area contributed by atoms with Gasteiger partial charge in [0.1, 0.15) is 5.75 Å². The van der Waals surface area contributed by atoms with Crippen molar-refractivity contribution in [2.75, 3.05) is 26.4 Å². The van der Waals surface area contributed by atoms with Crippen LogP contribution in [0.1, 0.15) is 6.42 Å². The molecule has 0 fully saturated rings. The van der Waals surface area contributed by atoms with Crippen LogP contribution in [0.25, 0.3) is 21.5 Å². The molecule has 1 aromatic heterocycles. The molecule has 100 valence electrons. The van der Waals surface area contributed by atoms with E-state index < -0.39 is 0 Å². The molecule has 2 rings (SSSR count). The average Bonchev–Trinajstić information content (AvgIpc) is 2.89. The average molecular weight is 261 g/mol. The standard InChI is InChI=1S/C12H15N5O2/c13-17-16-4-7-18-5-1-6-19-10-2-3-11-12(8-10)15-9-14-11/h2-3,8-9H,1,4-7H2,(H,14,15). The zero-order valence-corrected chi connectivity index (χ0v) is 10.5. The largest absolute Gasteiger partial charge is 0.493 e. The molecule has 7 heteroatoms. The predicted molar refractivity (Wildman–Crippen MR) is 71.0 cm³/mol. The number of imidazole rings is 1. The van der Waals surface area contributed by atoms with Gasteiger partial charge in [-0.1, -0.05) is 5.11 Å². The summed E-state index contributed by atoms with van der Waals surface area (Å²) in [4.78, 5) is 9.83. The molecule has 1 heterocycles. The second kappa shape index (κ2) is 7.25. The third-order valence-corrected chi connectivity index (χ3v) is 2.49. The molecule has 0 aliphatic rings. The number of aromatic amines is 1. The van der Waals surface area contributed by atoms with E-state index >= 15 is 0 Å². The number of H-pyrrole nitrogens is 1. The molecule has 0 saturated carbocycles. The topological polar surface area (TPSA) is 95.9 Å². The lowest BCUT2D eigenvalue weighted by Gasteiger charge is -2.06. The number of fused-ring (bicyclic) bond motifs is 1. The molecular weight excluding hydrogens is 246 g/mol.